The van der Waals surface area contributed by atoms with Crippen molar-refractivity contribution in [2.75, 3.05) is 0 Å². The second-order valence-electron chi connectivity index (χ2n) is 4.01. The van der Waals surface area contributed by atoms with Crippen LogP contribution in [0.25, 0.3) is 0 Å². The van der Waals surface area contributed by atoms with Crippen LogP contribution in [0.15, 0.2) is 53.7 Å². The third kappa shape index (κ3) is 1.98. The summed E-state index contributed by atoms with van der Waals surface area (Å²) in [6.45, 7) is 0. The van der Waals surface area contributed by atoms with E-state index in [0.717, 1.165) is 16.2 Å². The van der Waals surface area contributed by atoms with Crippen molar-refractivity contribution in [2.24, 2.45) is 0 Å². The zero-order valence-electron chi connectivity index (χ0n) is 9.17. The number of hydrogen-bond acceptors (Lipinski definition) is 3. The first-order valence-electron chi connectivity index (χ1n) is 5.53. The maximum atomic E-state index is 12.0. The Balaban J connectivity index is 1.92. The number of Topliss-reactive ketones (excluding diaryl/α,β-unsaturated/α-hetero) is 1. The summed E-state index contributed by atoms with van der Waals surface area (Å²) in [5.41, 5.74) is 2.30. The Morgan fingerprint density at radius 2 is 1.94 bits per heavy atom. The average Bonchev–Trinajstić information content (AvgIpc) is 2.68. The predicted octanol–water partition coefficient (Wildman–Crippen LogP) is 3.04. The summed E-state index contributed by atoms with van der Waals surface area (Å²) in [4.78, 5) is 16.2. The quantitative estimate of drug-likeness (QED) is 0.809. The molecule has 0 saturated carbocycles. The number of ketones is 1. The Bertz CT molecular complexity index is 553. The lowest BCUT2D eigenvalue weighted by atomic mass is 10.1. The van der Waals surface area contributed by atoms with E-state index in [0.29, 0.717) is 6.42 Å². The van der Waals surface area contributed by atoms with Crippen LogP contribution in [0.4, 0.5) is 0 Å². The summed E-state index contributed by atoms with van der Waals surface area (Å²) in [6, 6.07) is 13.8. The number of thioether (sulfide) groups is 1. The molecular formula is C14H11NOS. The Kier molecular flexibility index (Phi) is 2.69. The van der Waals surface area contributed by atoms with Gasteiger partial charge < -0.3 is 0 Å². The van der Waals surface area contributed by atoms with Crippen molar-refractivity contribution in [3.05, 3.63) is 59.8 Å². The largest absolute Gasteiger partial charge is 0.298 e. The molecule has 0 amide bonds. The summed E-state index contributed by atoms with van der Waals surface area (Å²) in [6.07, 6.45) is 2.31. The molecule has 0 bridgehead atoms. The molecule has 0 radical (unpaired) electrons. The van der Waals surface area contributed by atoms with Gasteiger partial charge in [0.25, 0.3) is 0 Å². The molecule has 0 saturated heterocycles. The fourth-order valence-corrected chi connectivity index (χ4v) is 3.16. The van der Waals surface area contributed by atoms with E-state index in [2.05, 4.69) is 4.98 Å². The minimum absolute atomic E-state index is 0.0823. The number of pyridine rings is 1. The van der Waals surface area contributed by atoms with Gasteiger partial charge in [0.05, 0.1) is 10.3 Å². The van der Waals surface area contributed by atoms with Crippen LogP contribution in [0.1, 0.15) is 16.4 Å². The van der Waals surface area contributed by atoms with Crippen molar-refractivity contribution in [1.82, 2.24) is 4.98 Å². The topological polar surface area (TPSA) is 30.0 Å². The maximum absolute atomic E-state index is 12.0. The van der Waals surface area contributed by atoms with Crippen molar-refractivity contribution in [2.45, 2.75) is 16.7 Å². The zero-order chi connectivity index (χ0) is 11.7. The normalized spacial score (nSPS) is 18.1. The number of carbonyl (C=O) groups excluding carboxylic acids is 1. The first kappa shape index (κ1) is 10.5. The molecule has 84 valence electrons. The van der Waals surface area contributed by atoms with Gasteiger partial charge >= 0.3 is 0 Å². The molecule has 0 fully saturated rings. The van der Waals surface area contributed by atoms with Crippen molar-refractivity contribution in [1.29, 1.82) is 0 Å². The highest BCUT2D eigenvalue weighted by atomic mass is 32.2. The molecule has 0 spiro atoms. The molecule has 1 aliphatic rings. The van der Waals surface area contributed by atoms with Crippen LogP contribution in [0.2, 0.25) is 0 Å². The Labute approximate surface area is 104 Å². The van der Waals surface area contributed by atoms with Crippen molar-refractivity contribution in [3.63, 3.8) is 0 Å². The van der Waals surface area contributed by atoms with E-state index in [1.807, 2.05) is 42.5 Å². The van der Waals surface area contributed by atoms with Crippen LogP contribution in [-0.4, -0.2) is 10.8 Å². The molecule has 0 N–H and O–H groups in total. The van der Waals surface area contributed by atoms with Crippen LogP contribution >= 0.6 is 11.8 Å². The number of nitrogens with zero attached hydrogens (tertiary/aromatic N) is 1. The third-order valence-electron chi connectivity index (χ3n) is 2.87. The number of benzene rings is 1. The monoisotopic (exact) mass is 241 g/mol. The molecule has 2 aromatic rings. The molecule has 1 heterocycles. The smallest absolute Gasteiger partial charge is 0.155 e. The van der Waals surface area contributed by atoms with Crippen LogP contribution < -0.4 is 0 Å². The first-order chi connectivity index (χ1) is 8.34. The minimum Gasteiger partial charge on any atom is -0.298 e. The lowest BCUT2D eigenvalue weighted by molar-refractivity contribution is -0.117. The Morgan fingerprint density at radius 1 is 1.12 bits per heavy atom. The zero-order valence-corrected chi connectivity index (χ0v) is 9.98. The standard InChI is InChI=1S/C14H11NOS/c16-12-9-10-5-1-2-6-11(10)14(12)17-13-7-3-4-8-15-13/h1-8,14H,9H2/t14-/m1/s1. The van der Waals surface area contributed by atoms with E-state index >= 15 is 0 Å². The SMILES string of the molecule is O=C1Cc2ccccc2[C@H]1Sc1ccccn1. The lowest BCUT2D eigenvalue weighted by Gasteiger charge is -2.08. The molecule has 0 aliphatic heterocycles. The Morgan fingerprint density at radius 3 is 2.76 bits per heavy atom. The van der Waals surface area contributed by atoms with Crippen molar-refractivity contribution < 1.29 is 4.79 Å². The molecule has 1 aliphatic carbocycles. The van der Waals surface area contributed by atoms with Gasteiger partial charge in [0.15, 0.2) is 5.78 Å². The van der Waals surface area contributed by atoms with E-state index in [9.17, 15) is 4.79 Å². The second kappa shape index (κ2) is 4.34. The van der Waals surface area contributed by atoms with Gasteiger partial charge in [-0.1, -0.05) is 42.1 Å². The highest BCUT2D eigenvalue weighted by Gasteiger charge is 2.31. The number of hydrogen-bond donors (Lipinski definition) is 0. The highest BCUT2D eigenvalue weighted by Crippen LogP contribution is 2.41. The average molecular weight is 241 g/mol. The van der Waals surface area contributed by atoms with Gasteiger partial charge in [-0.25, -0.2) is 4.98 Å². The summed E-state index contributed by atoms with van der Waals surface area (Å²) in [5, 5.41) is 0.823. The van der Waals surface area contributed by atoms with Crippen LogP contribution in [0.5, 0.6) is 0 Å². The predicted molar refractivity (Wildman–Crippen MR) is 68.0 cm³/mol. The molecule has 1 atom stereocenters. The van der Waals surface area contributed by atoms with Gasteiger partial charge in [-0.05, 0) is 23.3 Å². The van der Waals surface area contributed by atoms with Crippen molar-refractivity contribution in [3.8, 4) is 0 Å². The summed E-state index contributed by atoms with van der Waals surface area (Å²) >= 11 is 1.54. The lowest BCUT2D eigenvalue weighted by Crippen LogP contribution is -2.01. The fourth-order valence-electron chi connectivity index (χ4n) is 2.07. The van der Waals surface area contributed by atoms with Gasteiger partial charge in [-0.2, -0.15) is 0 Å². The van der Waals surface area contributed by atoms with Gasteiger partial charge in [0.1, 0.15) is 0 Å². The van der Waals surface area contributed by atoms with E-state index in [1.165, 1.54) is 0 Å². The summed E-state index contributed by atoms with van der Waals surface area (Å²) < 4.78 is 0. The molecule has 17 heavy (non-hydrogen) atoms. The van der Waals surface area contributed by atoms with Crippen molar-refractivity contribution >= 4 is 17.5 Å². The molecular weight excluding hydrogens is 230 g/mol. The Hall–Kier alpha value is -1.61. The highest BCUT2D eigenvalue weighted by molar-refractivity contribution is 8.00. The van der Waals surface area contributed by atoms with Gasteiger partial charge in [0, 0.05) is 12.6 Å². The molecule has 0 unspecified atom stereocenters. The number of aromatic nitrogens is 1. The summed E-state index contributed by atoms with van der Waals surface area (Å²) in [5.74, 6) is 0.279. The second-order valence-corrected chi connectivity index (χ2v) is 5.13. The summed E-state index contributed by atoms with van der Waals surface area (Å²) in [7, 11) is 0. The van der Waals surface area contributed by atoms with Gasteiger partial charge in [0.2, 0.25) is 0 Å². The van der Waals surface area contributed by atoms with E-state index in [-0.39, 0.29) is 11.0 Å². The number of rotatable bonds is 2. The minimum atomic E-state index is -0.0823. The van der Waals surface area contributed by atoms with Gasteiger partial charge in [-0.3, -0.25) is 4.79 Å². The van der Waals surface area contributed by atoms with E-state index in [4.69, 9.17) is 0 Å². The molecule has 1 aromatic carbocycles. The molecule has 3 heteroatoms. The van der Waals surface area contributed by atoms with Gasteiger partial charge in [-0.15, -0.1) is 0 Å². The molecule has 1 aromatic heterocycles. The molecule has 3 rings (SSSR count). The van der Waals surface area contributed by atoms with Crippen LogP contribution in [0, 0.1) is 0 Å². The maximum Gasteiger partial charge on any atom is 0.155 e. The van der Waals surface area contributed by atoms with Crippen LogP contribution in [-0.2, 0) is 11.2 Å². The third-order valence-corrected chi connectivity index (χ3v) is 4.11. The molecule has 2 nitrogen and oxygen atoms in total. The van der Waals surface area contributed by atoms with E-state index < -0.39 is 0 Å². The first-order valence-corrected chi connectivity index (χ1v) is 6.41. The van der Waals surface area contributed by atoms with E-state index in [1.54, 1.807) is 18.0 Å². The number of fused-ring (bicyclic) bond motifs is 1. The fraction of sp³-hybridized carbons (Fsp3) is 0.143. The number of carbonyl (C=O) groups is 1. The van der Waals surface area contributed by atoms with Crippen LogP contribution in [0.3, 0.4) is 0 Å².